The normalized spacial score (nSPS) is 29.4. The molecule has 4 amide bonds. The van der Waals surface area contributed by atoms with Gasteiger partial charge in [0.25, 0.3) is 0 Å². The van der Waals surface area contributed by atoms with Gasteiger partial charge in [-0.3, -0.25) is 29.0 Å². The Morgan fingerprint density at radius 2 is 0.882 bits per heavy atom. The lowest BCUT2D eigenvalue weighted by Crippen LogP contribution is -2.31. The summed E-state index contributed by atoms with van der Waals surface area (Å²) in [5, 5.41) is 0. The number of nitrogens with zero attached hydrogens (tertiary/aromatic N) is 2. The van der Waals surface area contributed by atoms with Gasteiger partial charge in [-0.1, -0.05) is 46.6 Å². The molecule has 178 valence electrons. The monoisotopic (exact) mass is 460 g/mol. The third-order valence-electron chi connectivity index (χ3n) is 8.54. The van der Waals surface area contributed by atoms with Crippen molar-refractivity contribution in [3.8, 4) is 0 Å². The van der Waals surface area contributed by atoms with E-state index < -0.39 is 0 Å². The molecule has 4 aliphatic rings. The Bertz CT molecular complexity index is 1030. The molecule has 0 aromatic heterocycles. The van der Waals surface area contributed by atoms with Gasteiger partial charge in [0.1, 0.15) is 0 Å². The molecule has 6 heteroatoms. The van der Waals surface area contributed by atoms with Gasteiger partial charge in [-0.25, -0.2) is 0 Å². The number of fused-ring (bicyclic) bond motifs is 2. The molecule has 34 heavy (non-hydrogen) atoms. The number of allylic oxidation sites excluding steroid dienone is 4. The van der Waals surface area contributed by atoms with Gasteiger partial charge >= 0.3 is 0 Å². The van der Waals surface area contributed by atoms with Crippen molar-refractivity contribution in [2.24, 2.45) is 23.7 Å². The molecule has 0 saturated carbocycles. The van der Waals surface area contributed by atoms with Gasteiger partial charge in [-0.2, -0.15) is 0 Å². The summed E-state index contributed by atoms with van der Waals surface area (Å²) in [4.78, 5) is 54.9. The van der Waals surface area contributed by atoms with Gasteiger partial charge in [0.15, 0.2) is 0 Å². The predicted octanol–water partition coefficient (Wildman–Crippen LogP) is 4.15. The fraction of sp³-hybridized carbons (Fsp3) is 0.500. The third kappa shape index (κ3) is 3.64. The fourth-order valence-electron chi connectivity index (χ4n) is 6.14. The molecular formula is C28H32N2O4. The lowest BCUT2D eigenvalue weighted by molar-refractivity contribution is -0.142. The quantitative estimate of drug-likeness (QED) is 0.500. The van der Waals surface area contributed by atoms with Crippen LogP contribution in [0.25, 0.3) is 0 Å². The van der Waals surface area contributed by atoms with Crippen LogP contribution >= 0.6 is 0 Å². The number of imide groups is 2. The Kier molecular flexibility index (Phi) is 5.58. The van der Waals surface area contributed by atoms with Crippen molar-refractivity contribution < 1.29 is 19.2 Å². The number of carbonyl (C=O) groups is 4. The van der Waals surface area contributed by atoms with E-state index in [9.17, 15) is 19.2 Å². The summed E-state index contributed by atoms with van der Waals surface area (Å²) < 4.78 is 0. The van der Waals surface area contributed by atoms with Crippen molar-refractivity contribution in [3.63, 3.8) is 0 Å². The minimum Gasteiger partial charge on any atom is -0.278 e. The molecule has 2 heterocycles. The van der Waals surface area contributed by atoms with Crippen LogP contribution in [0.2, 0.25) is 0 Å². The zero-order valence-corrected chi connectivity index (χ0v) is 20.4. The maximum Gasteiger partial charge on any atom is 0.233 e. The summed E-state index contributed by atoms with van der Waals surface area (Å²) in [7, 11) is 0. The van der Waals surface area contributed by atoms with Crippen LogP contribution < -0.4 is 0 Å². The molecule has 2 saturated heterocycles. The van der Waals surface area contributed by atoms with Crippen molar-refractivity contribution >= 4 is 23.6 Å². The van der Waals surface area contributed by atoms with Gasteiger partial charge < -0.3 is 0 Å². The van der Waals surface area contributed by atoms with Crippen molar-refractivity contribution in [2.75, 3.05) is 0 Å². The highest BCUT2D eigenvalue weighted by Gasteiger charge is 2.50. The van der Waals surface area contributed by atoms with Crippen LogP contribution in [0.3, 0.4) is 0 Å². The molecule has 2 fully saturated rings. The van der Waals surface area contributed by atoms with E-state index in [1.807, 2.05) is 52.0 Å². The summed E-state index contributed by atoms with van der Waals surface area (Å²) >= 11 is 0. The minimum absolute atomic E-state index is 0.0838. The van der Waals surface area contributed by atoms with Crippen LogP contribution in [0, 0.1) is 23.7 Å². The molecule has 2 aliphatic heterocycles. The number of hydrogen-bond acceptors (Lipinski definition) is 4. The maximum absolute atomic E-state index is 13.0. The van der Waals surface area contributed by atoms with E-state index in [1.54, 1.807) is 0 Å². The molecule has 4 unspecified atom stereocenters. The van der Waals surface area contributed by atoms with Crippen molar-refractivity contribution in [3.05, 3.63) is 57.7 Å². The fourth-order valence-corrected chi connectivity index (χ4v) is 6.14. The van der Waals surface area contributed by atoms with Gasteiger partial charge in [-0.15, -0.1) is 0 Å². The van der Waals surface area contributed by atoms with Crippen LogP contribution in [-0.2, 0) is 32.3 Å². The molecule has 4 atom stereocenters. The molecule has 2 aliphatic carbocycles. The van der Waals surface area contributed by atoms with E-state index in [1.165, 1.54) is 32.1 Å². The molecule has 0 radical (unpaired) electrons. The number of carbonyl (C=O) groups excluding carboxylic acids is 4. The van der Waals surface area contributed by atoms with Crippen molar-refractivity contribution in [1.29, 1.82) is 0 Å². The average molecular weight is 461 g/mol. The molecule has 5 rings (SSSR count). The van der Waals surface area contributed by atoms with Crippen LogP contribution in [0.1, 0.15) is 64.5 Å². The van der Waals surface area contributed by atoms with E-state index in [0.717, 1.165) is 11.1 Å². The summed E-state index contributed by atoms with van der Waals surface area (Å²) in [6, 6.07) is 7.57. The highest BCUT2D eigenvalue weighted by Crippen LogP contribution is 2.42. The molecule has 1 aromatic rings. The topological polar surface area (TPSA) is 74.8 Å². The zero-order chi connectivity index (χ0) is 24.3. The largest absolute Gasteiger partial charge is 0.278 e. The Hall–Kier alpha value is -3.02. The van der Waals surface area contributed by atoms with Gasteiger partial charge in [-0.05, 0) is 64.5 Å². The molecule has 0 bridgehead atoms. The number of amides is 4. The standard InChI is InChI=1S/C28H32N2O4/c1-15-8-21-22(9-16(15)2)26(32)29(25(21)31)13-19-6-5-7-20(12-19)14-30-27(33)23-10-17(3)18(4)11-24(23)28(30)34/h5-7,12,21-24H,8-11,13-14H2,1-4H3. The first-order valence-corrected chi connectivity index (χ1v) is 12.2. The summed E-state index contributed by atoms with van der Waals surface area (Å²) in [6.45, 7) is 8.64. The number of likely N-dealkylation sites (tertiary alicyclic amines) is 2. The lowest BCUT2D eigenvalue weighted by atomic mass is 9.78. The minimum atomic E-state index is -0.247. The van der Waals surface area contributed by atoms with Gasteiger partial charge in [0.05, 0.1) is 36.8 Å². The van der Waals surface area contributed by atoms with Gasteiger partial charge in [0, 0.05) is 0 Å². The van der Waals surface area contributed by atoms with E-state index in [0.29, 0.717) is 25.7 Å². The van der Waals surface area contributed by atoms with Crippen molar-refractivity contribution in [2.45, 2.75) is 66.5 Å². The first-order chi connectivity index (χ1) is 16.2. The molecular weight excluding hydrogens is 428 g/mol. The highest BCUT2D eigenvalue weighted by atomic mass is 16.2. The van der Waals surface area contributed by atoms with Crippen LogP contribution in [-0.4, -0.2) is 33.4 Å². The van der Waals surface area contributed by atoms with E-state index in [2.05, 4.69) is 0 Å². The summed E-state index contributed by atoms with van der Waals surface area (Å²) in [5.74, 6) is -1.32. The van der Waals surface area contributed by atoms with Crippen LogP contribution in [0.4, 0.5) is 0 Å². The van der Waals surface area contributed by atoms with Gasteiger partial charge in [0.2, 0.25) is 23.6 Å². The number of hydrogen-bond donors (Lipinski definition) is 0. The predicted molar refractivity (Wildman–Crippen MR) is 127 cm³/mol. The second kappa shape index (κ2) is 8.33. The number of benzene rings is 1. The lowest BCUT2D eigenvalue weighted by Gasteiger charge is -2.23. The zero-order valence-electron chi connectivity index (χ0n) is 20.4. The average Bonchev–Trinajstić information content (AvgIpc) is 3.15. The summed E-state index contributed by atoms with van der Waals surface area (Å²) in [6.07, 6.45) is 2.64. The first-order valence-electron chi connectivity index (χ1n) is 12.2. The Morgan fingerprint density at radius 3 is 1.18 bits per heavy atom. The summed E-state index contributed by atoms with van der Waals surface area (Å²) in [5.41, 5.74) is 6.53. The van der Waals surface area contributed by atoms with E-state index in [-0.39, 0.29) is 60.4 Å². The van der Waals surface area contributed by atoms with Crippen molar-refractivity contribution in [1.82, 2.24) is 9.80 Å². The SMILES string of the molecule is CC1=C(C)CC2C(=O)N(Cc3cccc(CN4C(=O)C5CC(C)=C(C)CC5C4=O)c3)C(=O)C2C1. The Balaban J connectivity index is 1.30. The molecule has 1 aromatic carbocycles. The Labute approximate surface area is 200 Å². The second-order valence-corrected chi connectivity index (χ2v) is 10.7. The smallest absolute Gasteiger partial charge is 0.233 e. The molecule has 0 N–H and O–H groups in total. The first kappa shape index (κ1) is 22.8. The Morgan fingerprint density at radius 1 is 0.588 bits per heavy atom. The van der Waals surface area contributed by atoms with E-state index in [4.69, 9.17) is 0 Å². The third-order valence-corrected chi connectivity index (χ3v) is 8.54. The second-order valence-electron chi connectivity index (χ2n) is 10.7. The van der Waals surface area contributed by atoms with Crippen LogP contribution in [0.5, 0.6) is 0 Å². The maximum atomic E-state index is 13.0. The van der Waals surface area contributed by atoms with Crippen LogP contribution in [0.15, 0.2) is 46.6 Å². The molecule has 6 nitrogen and oxygen atoms in total. The molecule has 0 spiro atoms. The highest BCUT2D eigenvalue weighted by molar-refractivity contribution is 6.06. The van der Waals surface area contributed by atoms with E-state index >= 15 is 0 Å². The number of rotatable bonds is 4.